The molecule has 0 radical (unpaired) electrons. The van der Waals surface area contributed by atoms with Gasteiger partial charge >= 0.3 is 0 Å². The van der Waals surface area contributed by atoms with E-state index < -0.39 is 0 Å². The van der Waals surface area contributed by atoms with Crippen molar-refractivity contribution in [1.82, 2.24) is 5.32 Å². The molecule has 3 rings (SSSR count). The average Bonchev–Trinajstić information content (AvgIpc) is 2.73. The number of hydrogen-bond donors (Lipinski definition) is 2. The van der Waals surface area contributed by atoms with Crippen LogP contribution in [0.25, 0.3) is 0 Å². The van der Waals surface area contributed by atoms with Crippen LogP contribution in [0.2, 0.25) is 5.02 Å². The van der Waals surface area contributed by atoms with Crippen LogP contribution >= 0.6 is 11.6 Å². The minimum atomic E-state index is 0.784. The van der Waals surface area contributed by atoms with Crippen LogP contribution in [0.1, 0.15) is 16.7 Å². The van der Waals surface area contributed by atoms with E-state index in [1.807, 2.05) is 24.3 Å². The molecule has 0 bridgehead atoms. The van der Waals surface area contributed by atoms with E-state index in [0.717, 1.165) is 43.2 Å². The van der Waals surface area contributed by atoms with Crippen LogP contribution in [0.4, 0.5) is 5.69 Å². The van der Waals surface area contributed by atoms with Crippen molar-refractivity contribution in [3.63, 3.8) is 0 Å². The van der Waals surface area contributed by atoms with Crippen molar-refractivity contribution in [2.24, 2.45) is 0 Å². The Morgan fingerprint density at radius 3 is 2.65 bits per heavy atom. The normalized spacial score (nSPS) is 14.4. The van der Waals surface area contributed by atoms with E-state index in [9.17, 15) is 0 Å². The highest BCUT2D eigenvalue weighted by Gasteiger charge is 2.14. The molecular weight excluding hydrogens is 268 g/mol. The fraction of sp³-hybridized carbons (Fsp3) is 0.294. The molecule has 0 saturated carbocycles. The van der Waals surface area contributed by atoms with Gasteiger partial charge in [0.15, 0.2) is 0 Å². The summed E-state index contributed by atoms with van der Waals surface area (Å²) in [6, 6.07) is 14.5. The van der Waals surface area contributed by atoms with Gasteiger partial charge in [0.2, 0.25) is 0 Å². The highest BCUT2D eigenvalue weighted by Crippen LogP contribution is 2.26. The number of nitrogens with one attached hydrogen (secondary N) is 2. The first kappa shape index (κ1) is 13.5. The van der Waals surface area contributed by atoms with Gasteiger partial charge in [-0.1, -0.05) is 35.9 Å². The van der Waals surface area contributed by atoms with Crippen molar-refractivity contribution in [2.75, 3.05) is 18.4 Å². The molecule has 0 saturated heterocycles. The molecule has 2 nitrogen and oxygen atoms in total. The fourth-order valence-electron chi connectivity index (χ4n) is 2.76. The van der Waals surface area contributed by atoms with Gasteiger partial charge in [-0.25, -0.2) is 0 Å². The van der Waals surface area contributed by atoms with E-state index in [1.54, 1.807) is 0 Å². The quantitative estimate of drug-likeness (QED) is 0.900. The Labute approximate surface area is 125 Å². The highest BCUT2D eigenvalue weighted by molar-refractivity contribution is 6.31. The van der Waals surface area contributed by atoms with Gasteiger partial charge < -0.3 is 10.6 Å². The van der Waals surface area contributed by atoms with Crippen molar-refractivity contribution in [2.45, 2.75) is 19.4 Å². The zero-order valence-electron chi connectivity index (χ0n) is 11.5. The second-order valence-corrected chi connectivity index (χ2v) is 5.54. The van der Waals surface area contributed by atoms with Crippen molar-refractivity contribution in [3.8, 4) is 0 Å². The first-order chi connectivity index (χ1) is 9.84. The van der Waals surface area contributed by atoms with Crippen LogP contribution in [0.3, 0.4) is 0 Å². The van der Waals surface area contributed by atoms with E-state index in [-0.39, 0.29) is 0 Å². The molecule has 20 heavy (non-hydrogen) atoms. The van der Waals surface area contributed by atoms with Crippen LogP contribution in [-0.4, -0.2) is 13.1 Å². The second kappa shape index (κ2) is 6.29. The summed E-state index contributed by atoms with van der Waals surface area (Å²) in [7, 11) is 0. The van der Waals surface area contributed by atoms with Crippen LogP contribution in [-0.2, 0) is 19.4 Å². The van der Waals surface area contributed by atoms with Gasteiger partial charge in [0.25, 0.3) is 0 Å². The van der Waals surface area contributed by atoms with E-state index in [4.69, 9.17) is 11.6 Å². The van der Waals surface area contributed by atoms with Crippen LogP contribution in [0.15, 0.2) is 42.5 Å². The molecule has 1 aliphatic heterocycles. The largest absolute Gasteiger partial charge is 0.381 e. The third-order valence-corrected chi connectivity index (χ3v) is 4.19. The molecule has 2 aromatic carbocycles. The summed E-state index contributed by atoms with van der Waals surface area (Å²) >= 11 is 6.42. The van der Waals surface area contributed by atoms with Gasteiger partial charge in [-0.15, -0.1) is 0 Å². The van der Waals surface area contributed by atoms with Gasteiger partial charge in [-0.3, -0.25) is 0 Å². The Morgan fingerprint density at radius 1 is 1.00 bits per heavy atom. The second-order valence-electron chi connectivity index (χ2n) is 5.13. The predicted octanol–water partition coefficient (Wildman–Crippen LogP) is 3.64. The minimum Gasteiger partial charge on any atom is -0.381 e. The molecule has 0 amide bonds. The Balaban J connectivity index is 1.85. The Bertz CT molecular complexity index is 581. The van der Waals surface area contributed by atoms with Crippen molar-refractivity contribution < 1.29 is 0 Å². The molecule has 2 aromatic rings. The third-order valence-electron chi connectivity index (χ3n) is 3.84. The summed E-state index contributed by atoms with van der Waals surface area (Å²) in [5, 5.41) is 7.79. The maximum atomic E-state index is 6.42. The highest BCUT2D eigenvalue weighted by atomic mass is 35.5. The van der Waals surface area contributed by atoms with E-state index in [0.29, 0.717) is 0 Å². The number of anilines is 1. The third kappa shape index (κ3) is 2.97. The van der Waals surface area contributed by atoms with E-state index in [2.05, 4.69) is 28.8 Å². The number of fused-ring (bicyclic) bond motifs is 1. The number of para-hydroxylation sites is 1. The maximum absolute atomic E-state index is 6.42. The van der Waals surface area contributed by atoms with E-state index >= 15 is 0 Å². The minimum absolute atomic E-state index is 0.784. The molecule has 0 aliphatic carbocycles. The molecule has 1 aliphatic rings. The molecule has 0 fully saturated rings. The van der Waals surface area contributed by atoms with Crippen molar-refractivity contribution in [1.29, 1.82) is 0 Å². The van der Waals surface area contributed by atoms with Crippen LogP contribution in [0, 0.1) is 0 Å². The van der Waals surface area contributed by atoms with Crippen molar-refractivity contribution >= 4 is 17.3 Å². The zero-order valence-corrected chi connectivity index (χ0v) is 12.2. The topological polar surface area (TPSA) is 24.1 Å². The summed E-state index contributed by atoms with van der Waals surface area (Å²) in [4.78, 5) is 0. The average molecular weight is 287 g/mol. The number of benzene rings is 2. The molecule has 2 N–H and O–H groups in total. The summed E-state index contributed by atoms with van der Waals surface area (Å²) < 4.78 is 0. The Morgan fingerprint density at radius 2 is 1.80 bits per heavy atom. The van der Waals surface area contributed by atoms with Crippen LogP contribution in [0.5, 0.6) is 0 Å². The first-order valence-electron chi connectivity index (χ1n) is 7.13. The molecule has 104 valence electrons. The van der Waals surface area contributed by atoms with Gasteiger partial charge in [0.05, 0.1) is 0 Å². The smallest absolute Gasteiger partial charge is 0.0458 e. The van der Waals surface area contributed by atoms with Gasteiger partial charge in [0.1, 0.15) is 0 Å². The maximum Gasteiger partial charge on any atom is 0.0458 e. The molecular formula is C17H19ClN2. The summed E-state index contributed by atoms with van der Waals surface area (Å²) in [5.41, 5.74) is 5.24. The lowest BCUT2D eigenvalue weighted by Gasteiger charge is -2.15. The lowest BCUT2D eigenvalue weighted by molar-refractivity contribution is 0.710. The van der Waals surface area contributed by atoms with Crippen LogP contribution < -0.4 is 10.6 Å². The molecule has 0 atom stereocenters. The summed E-state index contributed by atoms with van der Waals surface area (Å²) in [6.45, 7) is 2.87. The Kier molecular flexibility index (Phi) is 4.24. The van der Waals surface area contributed by atoms with Gasteiger partial charge in [0, 0.05) is 17.3 Å². The van der Waals surface area contributed by atoms with Gasteiger partial charge in [-0.2, -0.15) is 0 Å². The number of rotatable bonds is 3. The lowest BCUT2D eigenvalue weighted by Crippen LogP contribution is -2.16. The molecule has 0 unspecified atom stereocenters. The van der Waals surface area contributed by atoms with E-state index in [1.165, 1.54) is 16.7 Å². The summed E-state index contributed by atoms with van der Waals surface area (Å²) in [6.07, 6.45) is 2.15. The van der Waals surface area contributed by atoms with Crippen molar-refractivity contribution in [3.05, 3.63) is 64.2 Å². The molecule has 3 heteroatoms. The SMILES string of the molecule is Clc1ccc2c(c1CNc1ccccc1)CCNCC2. The molecule has 0 spiro atoms. The first-order valence-corrected chi connectivity index (χ1v) is 7.51. The number of halogens is 1. The molecule has 0 aromatic heterocycles. The predicted molar refractivity (Wildman–Crippen MR) is 85.5 cm³/mol. The summed E-state index contributed by atoms with van der Waals surface area (Å²) in [5.74, 6) is 0. The lowest BCUT2D eigenvalue weighted by atomic mass is 9.97. The van der Waals surface area contributed by atoms with Gasteiger partial charge in [-0.05, 0) is 60.8 Å². The number of hydrogen-bond acceptors (Lipinski definition) is 2. The standard InChI is InChI=1S/C17H19ClN2/c18-17-7-6-13-8-10-19-11-9-15(13)16(17)12-20-14-4-2-1-3-5-14/h1-7,19-20H,8-12H2. The molecule has 1 heterocycles. The monoisotopic (exact) mass is 286 g/mol. The zero-order chi connectivity index (χ0) is 13.8. The fourth-order valence-corrected chi connectivity index (χ4v) is 3.00. The Hall–Kier alpha value is -1.51.